The van der Waals surface area contributed by atoms with Gasteiger partial charge in [-0.05, 0) is 5.56 Å². The number of amides is 1. The third kappa shape index (κ3) is 3.03. The Morgan fingerprint density at radius 3 is 2.27 bits per heavy atom. The molecule has 0 aliphatic rings. The number of carbonyl (C=O) groups excluding carboxylic acids is 1. The van der Waals surface area contributed by atoms with E-state index < -0.39 is 21.1 Å². The van der Waals surface area contributed by atoms with Crippen molar-refractivity contribution in [3.05, 3.63) is 35.9 Å². The standard InChI is InChI=1S/C9H12N2O3S/c10-8(12)9(11)15(13,14)6-7-4-2-1-3-5-7/h1-5,9H,6,11H2,(H2,10,12). The predicted octanol–water partition coefficient (Wildman–Crippen LogP) is -0.628. The average Bonchev–Trinajstić information content (AvgIpc) is 2.17. The Bertz CT molecular complexity index is 442. The van der Waals surface area contributed by atoms with E-state index >= 15 is 0 Å². The van der Waals surface area contributed by atoms with Crippen LogP contribution in [0.5, 0.6) is 0 Å². The molecule has 1 amide bonds. The molecule has 6 heteroatoms. The summed E-state index contributed by atoms with van der Waals surface area (Å²) in [5.41, 5.74) is 10.6. The summed E-state index contributed by atoms with van der Waals surface area (Å²) in [7, 11) is -3.71. The van der Waals surface area contributed by atoms with Gasteiger partial charge in [0.05, 0.1) is 5.75 Å². The van der Waals surface area contributed by atoms with Gasteiger partial charge in [0.15, 0.2) is 15.2 Å². The summed E-state index contributed by atoms with van der Waals surface area (Å²) in [5, 5.41) is -1.64. The van der Waals surface area contributed by atoms with Crippen LogP contribution in [0.15, 0.2) is 30.3 Å². The molecule has 15 heavy (non-hydrogen) atoms. The molecule has 1 rings (SSSR count). The summed E-state index contributed by atoms with van der Waals surface area (Å²) < 4.78 is 23.0. The van der Waals surface area contributed by atoms with Crippen LogP contribution in [0.4, 0.5) is 0 Å². The van der Waals surface area contributed by atoms with Crippen LogP contribution < -0.4 is 11.5 Å². The number of primary amides is 1. The molecule has 0 radical (unpaired) electrons. The Hall–Kier alpha value is -1.40. The summed E-state index contributed by atoms with van der Waals surface area (Å²) in [6, 6.07) is 8.47. The van der Waals surface area contributed by atoms with Crippen LogP contribution in [0.25, 0.3) is 0 Å². The molecule has 1 aromatic rings. The number of benzene rings is 1. The third-order valence-corrected chi connectivity index (χ3v) is 3.62. The summed E-state index contributed by atoms with van der Waals surface area (Å²) >= 11 is 0. The smallest absolute Gasteiger partial charge is 0.250 e. The fraction of sp³-hybridized carbons (Fsp3) is 0.222. The zero-order chi connectivity index (χ0) is 11.5. The second-order valence-electron chi connectivity index (χ2n) is 3.12. The van der Waals surface area contributed by atoms with E-state index in [0.717, 1.165) is 0 Å². The molecular weight excluding hydrogens is 216 g/mol. The molecule has 0 fully saturated rings. The lowest BCUT2D eigenvalue weighted by Crippen LogP contribution is -2.43. The highest BCUT2D eigenvalue weighted by Gasteiger charge is 2.26. The maximum atomic E-state index is 11.5. The fourth-order valence-corrected chi connectivity index (χ4v) is 2.26. The van der Waals surface area contributed by atoms with Gasteiger partial charge in [-0.2, -0.15) is 0 Å². The molecule has 0 aromatic heterocycles. The highest BCUT2D eigenvalue weighted by atomic mass is 32.2. The summed E-state index contributed by atoms with van der Waals surface area (Å²) in [6.07, 6.45) is 0. The minimum Gasteiger partial charge on any atom is -0.367 e. The first-order valence-electron chi connectivity index (χ1n) is 4.24. The van der Waals surface area contributed by atoms with Crippen LogP contribution in [0, 0.1) is 0 Å². The maximum absolute atomic E-state index is 11.5. The zero-order valence-corrected chi connectivity index (χ0v) is 8.78. The van der Waals surface area contributed by atoms with E-state index in [9.17, 15) is 13.2 Å². The van der Waals surface area contributed by atoms with Crippen molar-refractivity contribution in [2.45, 2.75) is 11.1 Å². The van der Waals surface area contributed by atoms with Crippen molar-refractivity contribution in [2.24, 2.45) is 11.5 Å². The fourth-order valence-electron chi connectivity index (χ4n) is 1.07. The first-order chi connectivity index (χ1) is 6.93. The largest absolute Gasteiger partial charge is 0.367 e. The molecule has 82 valence electrons. The van der Waals surface area contributed by atoms with Gasteiger partial charge >= 0.3 is 0 Å². The van der Waals surface area contributed by atoms with Crippen LogP contribution >= 0.6 is 0 Å². The Morgan fingerprint density at radius 1 is 1.27 bits per heavy atom. The Labute approximate surface area is 88.0 Å². The molecule has 0 spiro atoms. The van der Waals surface area contributed by atoms with Crippen molar-refractivity contribution in [3.63, 3.8) is 0 Å². The summed E-state index contributed by atoms with van der Waals surface area (Å²) in [6.45, 7) is 0. The van der Waals surface area contributed by atoms with Crippen molar-refractivity contribution in [2.75, 3.05) is 0 Å². The molecule has 4 N–H and O–H groups in total. The topological polar surface area (TPSA) is 103 Å². The van der Waals surface area contributed by atoms with Gasteiger partial charge in [-0.3, -0.25) is 4.79 Å². The normalized spacial score (nSPS) is 13.4. The lowest BCUT2D eigenvalue weighted by atomic mass is 10.2. The SMILES string of the molecule is NC(=O)C(N)S(=O)(=O)Cc1ccccc1. The van der Waals surface area contributed by atoms with E-state index in [1.54, 1.807) is 30.3 Å². The van der Waals surface area contributed by atoms with Crippen LogP contribution in [0.1, 0.15) is 5.56 Å². The van der Waals surface area contributed by atoms with Crippen LogP contribution in [-0.4, -0.2) is 19.7 Å². The summed E-state index contributed by atoms with van der Waals surface area (Å²) in [5.74, 6) is -1.32. The van der Waals surface area contributed by atoms with Crippen molar-refractivity contribution in [1.82, 2.24) is 0 Å². The second kappa shape index (κ2) is 4.41. The zero-order valence-electron chi connectivity index (χ0n) is 7.96. The number of hydrogen-bond acceptors (Lipinski definition) is 4. The van der Waals surface area contributed by atoms with Crippen LogP contribution in [0.3, 0.4) is 0 Å². The van der Waals surface area contributed by atoms with Gasteiger partial charge in [0.25, 0.3) is 0 Å². The third-order valence-electron chi connectivity index (χ3n) is 1.88. The molecule has 0 bridgehead atoms. The molecule has 1 aromatic carbocycles. The van der Waals surface area contributed by atoms with Crippen molar-refractivity contribution >= 4 is 15.7 Å². The number of sulfone groups is 1. The Balaban J connectivity index is 2.87. The molecule has 0 saturated heterocycles. The maximum Gasteiger partial charge on any atom is 0.250 e. The highest BCUT2D eigenvalue weighted by Crippen LogP contribution is 2.08. The van der Waals surface area contributed by atoms with Gasteiger partial charge in [0, 0.05) is 0 Å². The molecule has 0 aliphatic heterocycles. The van der Waals surface area contributed by atoms with Gasteiger partial charge in [-0.15, -0.1) is 0 Å². The molecular formula is C9H12N2O3S. The Morgan fingerprint density at radius 2 is 1.80 bits per heavy atom. The van der Waals surface area contributed by atoms with E-state index in [-0.39, 0.29) is 5.75 Å². The molecule has 5 nitrogen and oxygen atoms in total. The van der Waals surface area contributed by atoms with E-state index in [2.05, 4.69) is 0 Å². The average molecular weight is 228 g/mol. The number of rotatable bonds is 4. The van der Waals surface area contributed by atoms with E-state index in [4.69, 9.17) is 11.5 Å². The molecule has 1 unspecified atom stereocenters. The minimum absolute atomic E-state index is 0.280. The molecule has 0 heterocycles. The van der Waals surface area contributed by atoms with Crippen LogP contribution in [-0.2, 0) is 20.4 Å². The van der Waals surface area contributed by atoms with Gasteiger partial charge < -0.3 is 11.5 Å². The number of hydrogen-bond donors (Lipinski definition) is 2. The monoisotopic (exact) mass is 228 g/mol. The van der Waals surface area contributed by atoms with E-state index in [0.29, 0.717) is 5.56 Å². The second-order valence-corrected chi connectivity index (χ2v) is 5.24. The van der Waals surface area contributed by atoms with Gasteiger partial charge in [-0.1, -0.05) is 30.3 Å². The van der Waals surface area contributed by atoms with Crippen LogP contribution in [0.2, 0.25) is 0 Å². The first kappa shape index (κ1) is 11.7. The number of carbonyl (C=O) groups is 1. The molecule has 1 atom stereocenters. The minimum atomic E-state index is -3.71. The summed E-state index contributed by atoms with van der Waals surface area (Å²) in [4.78, 5) is 10.7. The first-order valence-corrected chi connectivity index (χ1v) is 5.95. The van der Waals surface area contributed by atoms with Gasteiger partial charge in [0.2, 0.25) is 5.91 Å². The quantitative estimate of drug-likeness (QED) is 0.716. The Kier molecular flexibility index (Phi) is 3.43. The number of nitrogens with two attached hydrogens (primary N) is 2. The molecule has 0 saturated carbocycles. The predicted molar refractivity (Wildman–Crippen MR) is 56.2 cm³/mol. The van der Waals surface area contributed by atoms with Gasteiger partial charge in [-0.25, -0.2) is 8.42 Å². The van der Waals surface area contributed by atoms with Crippen molar-refractivity contribution < 1.29 is 13.2 Å². The van der Waals surface area contributed by atoms with Crippen molar-refractivity contribution in [3.8, 4) is 0 Å². The van der Waals surface area contributed by atoms with Crippen molar-refractivity contribution in [1.29, 1.82) is 0 Å². The van der Waals surface area contributed by atoms with E-state index in [1.807, 2.05) is 0 Å². The van der Waals surface area contributed by atoms with E-state index in [1.165, 1.54) is 0 Å². The van der Waals surface area contributed by atoms with Gasteiger partial charge in [0.1, 0.15) is 0 Å². The molecule has 0 aliphatic carbocycles. The lowest BCUT2D eigenvalue weighted by Gasteiger charge is -2.08. The highest BCUT2D eigenvalue weighted by molar-refractivity contribution is 7.91. The lowest BCUT2D eigenvalue weighted by molar-refractivity contribution is -0.117.